The van der Waals surface area contributed by atoms with Crippen molar-refractivity contribution < 1.29 is 0 Å². The fourth-order valence-electron chi connectivity index (χ4n) is 2.42. The standard InChI is InChI=1S/C18H24N2/c1-14-6-5-7-17(11-14)19-8-9-20(4)18-12-15(2)10-16(3)13-18/h5-7,10-13,19H,8-9H2,1-4H3. The Kier molecular flexibility index (Phi) is 4.67. The first-order valence-electron chi connectivity index (χ1n) is 7.14. The monoisotopic (exact) mass is 268 g/mol. The number of rotatable bonds is 5. The second-order valence-electron chi connectivity index (χ2n) is 5.56. The molecule has 0 aliphatic rings. The van der Waals surface area contributed by atoms with Gasteiger partial charge in [0.25, 0.3) is 0 Å². The van der Waals surface area contributed by atoms with Crippen LogP contribution in [0.1, 0.15) is 16.7 Å². The fraction of sp³-hybridized carbons (Fsp3) is 0.333. The summed E-state index contributed by atoms with van der Waals surface area (Å²) >= 11 is 0. The van der Waals surface area contributed by atoms with Crippen LogP contribution in [0.2, 0.25) is 0 Å². The van der Waals surface area contributed by atoms with Crippen molar-refractivity contribution in [1.82, 2.24) is 0 Å². The van der Waals surface area contributed by atoms with Crippen molar-refractivity contribution in [2.75, 3.05) is 30.4 Å². The van der Waals surface area contributed by atoms with Gasteiger partial charge in [-0.25, -0.2) is 0 Å². The van der Waals surface area contributed by atoms with E-state index in [0.29, 0.717) is 0 Å². The first kappa shape index (κ1) is 14.4. The summed E-state index contributed by atoms with van der Waals surface area (Å²) in [7, 11) is 2.14. The second-order valence-corrected chi connectivity index (χ2v) is 5.56. The molecular formula is C18H24N2. The number of nitrogens with zero attached hydrogens (tertiary/aromatic N) is 1. The molecule has 2 rings (SSSR count). The van der Waals surface area contributed by atoms with Gasteiger partial charge in [0, 0.05) is 31.5 Å². The molecule has 0 fully saturated rings. The van der Waals surface area contributed by atoms with Gasteiger partial charge in [0.05, 0.1) is 0 Å². The molecular weight excluding hydrogens is 244 g/mol. The average Bonchev–Trinajstić information content (AvgIpc) is 2.37. The summed E-state index contributed by atoms with van der Waals surface area (Å²) in [6.45, 7) is 8.33. The highest BCUT2D eigenvalue weighted by atomic mass is 15.1. The maximum absolute atomic E-state index is 3.47. The van der Waals surface area contributed by atoms with E-state index in [0.717, 1.165) is 13.1 Å². The summed E-state index contributed by atoms with van der Waals surface area (Å²) in [4.78, 5) is 2.29. The Labute approximate surface area is 122 Å². The predicted octanol–water partition coefficient (Wildman–Crippen LogP) is 4.16. The maximum atomic E-state index is 3.47. The van der Waals surface area contributed by atoms with Gasteiger partial charge >= 0.3 is 0 Å². The molecule has 0 heterocycles. The number of benzene rings is 2. The smallest absolute Gasteiger partial charge is 0.0369 e. The molecule has 0 aromatic heterocycles. The molecule has 0 atom stereocenters. The molecule has 2 aromatic rings. The van der Waals surface area contributed by atoms with E-state index < -0.39 is 0 Å². The van der Waals surface area contributed by atoms with E-state index >= 15 is 0 Å². The Hall–Kier alpha value is -1.96. The van der Waals surface area contributed by atoms with Crippen molar-refractivity contribution in [3.8, 4) is 0 Å². The molecule has 2 nitrogen and oxygen atoms in total. The topological polar surface area (TPSA) is 15.3 Å². The zero-order valence-electron chi connectivity index (χ0n) is 12.9. The molecule has 2 aromatic carbocycles. The molecule has 1 N–H and O–H groups in total. The van der Waals surface area contributed by atoms with Crippen molar-refractivity contribution in [2.45, 2.75) is 20.8 Å². The molecule has 106 valence electrons. The lowest BCUT2D eigenvalue weighted by molar-refractivity contribution is 0.913. The quantitative estimate of drug-likeness (QED) is 0.876. The lowest BCUT2D eigenvalue weighted by Crippen LogP contribution is -2.24. The third kappa shape index (κ3) is 4.02. The van der Waals surface area contributed by atoms with Crippen LogP contribution in [-0.4, -0.2) is 20.1 Å². The van der Waals surface area contributed by atoms with E-state index in [4.69, 9.17) is 0 Å². The van der Waals surface area contributed by atoms with Crippen LogP contribution in [0.25, 0.3) is 0 Å². The largest absolute Gasteiger partial charge is 0.383 e. The molecule has 0 unspecified atom stereocenters. The second kappa shape index (κ2) is 6.47. The van der Waals surface area contributed by atoms with E-state index in [1.165, 1.54) is 28.1 Å². The van der Waals surface area contributed by atoms with E-state index in [2.05, 4.69) is 80.5 Å². The zero-order chi connectivity index (χ0) is 14.5. The summed E-state index contributed by atoms with van der Waals surface area (Å²) < 4.78 is 0. The number of hydrogen-bond donors (Lipinski definition) is 1. The number of nitrogens with one attached hydrogen (secondary N) is 1. The minimum Gasteiger partial charge on any atom is -0.383 e. The van der Waals surface area contributed by atoms with Crippen LogP contribution in [0.4, 0.5) is 11.4 Å². The normalized spacial score (nSPS) is 10.4. The summed E-state index contributed by atoms with van der Waals surface area (Å²) in [6, 6.07) is 15.2. The molecule has 0 aliphatic carbocycles. The number of hydrogen-bond acceptors (Lipinski definition) is 2. The van der Waals surface area contributed by atoms with Crippen LogP contribution in [-0.2, 0) is 0 Å². The molecule has 20 heavy (non-hydrogen) atoms. The number of aryl methyl sites for hydroxylation is 3. The molecule has 0 radical (unpaired) electrons. The summed E-state index contributed by atoms with van der Waals surface area (Å²) in [6.07, 6.45) is 0. The van der Waals surface area contributed by atoms with Gasteiger partial charge in [0.1, 0.15) is 0 Å². The molecule has 0 saturated heterocycles. The van der Waals surface area contributed by atoms with Crippen molar-refractivity contribution in [1.29, 1.82) is 0 Å². The molecule has 0 saturated carbocycles. The van der Waals surface area contributed by atoms with E-state index in [-0.39, 0.29) is 0 Å². The third-order valence-corrected chi connectivity index (χ3v) is 3.44. The average molecular weight is 268 g/mol. The summed E-state index contributed by atoms with van der Waals surface area (Å²) in [5.41, 5.74) is 6.40. The van der Waals surface area contributed by atoms with Gasteiger partial charge in [0.15, 0.2) is 0 Å². The molecule has 0 aliphatic heterocycles. The van der Waals surface area contributed by atoms with E-state index in [1.807, 2.05) is 0 Å². The van der Waals surface area contributed by atoms with Crippen molar-refractivity contribution in [2.24, 2.45) is 0 Å². The molecule has 2 heteroatoms. The lowest BCUT2D eigenvalue weighted by Gasteiger charge is -2.21. The van der Waals surface area contributed by atoms with Gasteiger partial charge in [-0.05, 0) is 61.7 Å². The highest BCUT2D eigenvalue weighted by molar-refractivity contribution is 5.51. The van der Waals surface area contributed by atoms with E-state index in [9.17, 15) is 0 Å². The molecule has 0 bridgehead atoms. The van der Waals surface area contributed by atoms with E-state index in [1.54, 1.807) is 0 Å². The van der Waals surface area contributed by atoms with Gasteiger partial charge in [-0.2, -0.15) is 0 Å². The molecule has 0 spiro atoms. The summed E-state index contributed by atoms with van der Waals surface area (Å²) in [5.74, 6) is 0. The maximum Gasteiger partial charge on any atom is 0.0369 e. The van der Waals surface area contributed by atoms with Gasteiger partial charge in [-0.15, -0.1) is 0 Å². The minimum atomic E-state index is 0.937. The van der Waals surface area contributed by atoms with Crippen LogP contribution in [0, 0.1) is 20.8 Å². The Morgan fingerprint density at radius 3 is 2.25 bits per heavy atom. The Bertz CT molecular complexity index is 555. The van der Waals surface area contributed by atoms with Crippen LogP contribution in [0.15, 0.2) is 42.5 Å². The highest BCUT2D eigenvalue weighted by Gasteiger charge is 2.02. The van der Waals surface area contributed by atoms with Crippen LogP contribution in [0.3, 0.4) is 0 Å². The lowest BCUT2D eigenvalue weighted by atomic mass is 10.1. The first-order valence-corrected chi connectivity index (χ1v) is 7.14. The number of likely N-dealkylation sites (N-methyl/N-ethyl adjacent to an activating group) is 1. The Morgan fingerprint density at radius 2 is 1.60 bits per heavy atom. The van der Waals surface area contributed by atoms with Crippen LogP contribution >= 0.6 is 0 Å². The van der Waals surface area contributed by atoms with Gasteiger partial charge in [0.2, 0.25) is 0 Å². The van der Waals surface area contributed by atoms with Gasteiger partial charge in [-0.1, -0.05) is 18.2 Å². The Balaban J connectivity index is 1.90. The molecule has 0 amide bonds. The predicted molar refractivity (Wildman–Crippen MR) is 88.9 cm³/mol. The van der Waals surface area contributed by atoms with Crippen molar-refractivity contribution in [3.63, 3.8) is 0 Å². The number of anilines is 2. The fourth-order valence-corrected chi connectivity index (χ4v) is 2.42. The van der Waals surface area contributed by atoms with Crippen LogP contribution < -0.4 is 10.2 Å². The Morgan fingerprint density at radius 1 is 0.900 bits per heavy atom. The zero-order valence-corrected chi connectivity index (χ0v) is 12.9. The SMILES string of the molecule is Cc1cccc(NCCN(C)c2cc(C)cc(C)c2)c1. The minimum absolute atomic E-state index is 0.937. The van der Waals surface area contributed by atoms with Gasteiger partial charge in [-0.3, -0.25) is 0 Å². The highest BCUT2D eigenvalue weighted by Crippen LogP contribution is 2.17. The first-order chi connectivity index (χ1) is 9.54. The van der Waals surface area contributed by atoms with Crippen molar-refractivity contribution >= 4 is 11.4 Å². The van der Waals surface area contributed by atoms with Crippen LogP contribution in [0.5, 0.6) is 0 Å². The third-order valence-electron chi connectivity index (χ3n) is 3.44. The van der Waals surface area contributed by atoms with Gasteiger partial charge < -0.3 is 10.2 Å². The van der Waals surface area contributed by atoms with Crippen molar-refractivity contribution in [3.05, 3.63) is 59.2 Å². The summed E-state index contributed by atoms with van der Waals surface area (Å²) in [5, 5.41) is 3.47.